The highest BCUT2D eigenvalue weighted by molar-refractivity contribution is 5.92. The largest absolute Gasteiger partial charge is 0.455 e. The smallest absolute Gasteiger partial charge is 0.311 e. The van der Waals surface area contributed by atoms with Crippen molar-refractivity contribution in [1.29, 1.82) is 0 Å². The maximum absolute atomic E-state index is 12.9. The summed E-state index contributed by atoms with van der Waals surface area (Å²) in [6.45, 7) is 9.10. The number of hydrogen-bond donors (Lipinski definition) is 1. The second-order valence-corrected chi connectivity index (χ2v) is 6.93. The molecular weight excluding hydrogens is 379 g/mol. The van der Waals surface area contributed by atoms with Crippen LogP contribution in [-0.2, 0) is 0 Å². The molecule has 0 fully saturated rings. The molecule has 0 bridgehead atoms. The van der Waals surface area contributed by atoms with E-state index in [1.54, 1.807) is 12.3 Å². The lowest BCUT2D eigenvalue weighted by Gasteiger charge is -2.23. The summed E-state index contributed by atoms with van der Waals surface area (Å²) in [5, 5.41) is 3.32. The first-order valence-electron chi connectivity index (χ1n) is 9.73. The lowest BCUT2D eigenvalue weighted by molar-refractivity contribution is -0.276. The fourth-order valence-electron chi connectivity index (χ4n) is 2.85. The molecule has 0 radical (unpaired) electrons. The van der Waals surface area contributed by atoms with E-state index in [9.17, 15) is 22.0 Å². The number of nitrogens with zero attached hydrogens (tertiary/aromatic N) is 3. The van der Waals surface area contributed by atoms with Gasteiger partial charge in [0.25, 0.3) is 0 Å². The highest BCUT2D eigenvalue weighted by atomic mass is 19.4. The van der Waals surface area contributed by atoms with Gasteiger partial charge in [0.05, 0.1) is 0 Å². The normalized spacial score (nSPS) is 21.0. The molecule has 0 aromatic rings. The number of halogens is 5. The predicted molar refractivity (Wildman–Crippen MR) is 103 cm³/mol. The zero-order valence-corrected chi connectivity index (χ0v) is 16.8. The molecule has 4 nitrogen and oxygen atoms in total. The quantitative estimate of drug-likeness (QED) is 0.298. The zero-order chi connectivity index (χ0) is 21.2. The summed E-state index contributed by atoms with van der Waals surface area (Å²) in [4.78, 5) is 10.0. The second kappa shape index (κ2) is 11.6. The second-order valence-electron chi connectivity index (χ2n) is 6.93. The Morgan fingerprint density at radius 3 is 2.46 bits per heavy atom. The van der Waals surface area contributed by atoms with E-state index in [0.717, 1.165) is 44.7 Å². The third kappa shape index (κ3) is 7.95. The van der Waals surface area contributed by atoms with Gasteiger partial charge in [0.1, 0.15) is 6.54 Å². The molecule has 1 rings (SSSR count). The zero-order valence-electron chi connectivity index (χ0n) is 16.8. The first-order chi connectivity index (χ1) is 13.1. The summed E-state index contributed by atoms with van der Waals surface area (Å²) in [5.74, 6) is -5.27. The van der Waals surface area contributed by atoms with E-state index in [4.69, 9.17) is 0 Å². The van der Waals surface area contributed by atoms with Crippen LogP contribution in [0, 0.1) is 11.8 Å². The van der Waals surface area contributed by atoms with Gasteiger partial charge >= 0.3 is 12.1 Å². The van der Waals surface area contributed by atoms with Gasteiger partial charge in [0, 0.05) is 36.5 Å². The standard InChI is InChI=1S/C19H31F5N4/c1-4-28(5-2)11-7-6-9-25-13-17-15(3)16(8-10-27-17)12-26-14-18(20,21)19(22,23)24/h8,10,12,15-16,25H,4-7,9,11,13-14H2,1-3H3/b26-12+. The molecule has 0 saturated heterocycles. The Kier molecular flexibility index (Phi) is 10.2. The first-order valence-corrected chi connectivity index (χ1v) is 9.73. The Morgan fingerprint density at radius 1 is 1.18 bits per heavy atom. The van der Waals surface area contributed by atoms with Gasteiger partial charge < -0.3 is 10.2 Å². The van der Waals surface area contributed by atoms with Crippen molar-refractivity contribution in [3.05, 3.63) is 12.3 Å². The number of allylic oxidation sites excluding steroid dienone is 1. The molecule has 9 heteroatoms. The third-order valence-corrected chi connectivity index (χ3v) is 4.91. The van der Waals surface area contributed by atoms with Crippen molar-refractivity contribution in [2.75, 3.05) is 39.3 Å². The maximum Gasteiger partial charge on any atom is 0.455 e. The summed E-state index contributed by atoms with van der Waals surface area (Å²) in [6.07, 6.45) is 0.925. The fraction of sp³-hybridized carbons (Fsp3) is 0.789. The van der Waals surface area contributed by atoms with E-state index in [2.05, 4.69) is 34.0 Å². The van der Waals surface area contributed by atoms with E-state index in [0.29, 0.717) is 6.54 Å². The van der Waals surface area contributed by atoms with Crippen molar-refractivity contribution in [2.45, 2.75) is 45.7 Å². The molecule has 0 aliphatic carbocycles. The molecule has 1 aliphatic rings. The van der Waals surface area contributed by atoms with Crippen LogP contribution >= 0.6 is 0 Å². The predicted octanol–water partition coefficient (Wildman–Crippen LogP) is 4.19. The van der Waals surface area contributed by atoms with Crippen LogP contribution < -0.4 is 5.32 Å². The van der Waals surface area contributed by atoms with Gasteiger partial charge in [-0.25, -0.2) is 0 Å². The molecule has 1 N–H and O–H groups in total. The van der Waals surface area contributed by atoms with Gasteiger partial charge in [-0.1, -0.05) is 26.8 Å². The van der Waals surface area contributed by atoms with Crippen molar-refractivity contribution in [3.63, 3.8) is 0 Å². The van der Waals surface area contributed by atoms with E-state index in [1.807, 2.05) is 6.92 Å². The van der Waals surface area contributed by atoms with Crippen LogP contribution in [0.2, 0.25) is 0 Å². The minimum absolute atomic E-state index is 0.114. The Morgan fingerprint density at radius 2 is 1.86 bits per heavy atom. The number of nitrogens with one attached hydrogen (secondary N) is 1. The minimum atomic E-state index is -5.58. The Hall–Kier alpha value is -1.35. The van der Waals surface area contributed by atoms with Crippen LogP contribution in [0.5, 0.6) is 0 Å². The lowest BCUT2D eigenvalue weighted by atomic mass is 9.88. The van der Waals surface area contributed by atoms with Crippen molar-refractivity contribution in [1.82, 2.24) is 10.2 Å². The van der Waals surface area contributed by atoms with Gasteiger partial charge in [-0.3, -0.25) is 9.98 Å². The summed E-state index contributed by atoms with van der Waals surface area (Å²) < 4.78 is 62.4. The molecule has 0 aromatic carbocycles. The molecule has 28 heavy (non-hydrogen) atoms. The minimum Gasteiger partial charge on any atom is -0.311 e. The molecule has 0 spiro atoms. The van der Waals surface area contributed by atoms with Crippen molar-refractivity contribution in [2.24, 2.45) is 21.8 Å². The number of hydrogen-bond acceptors (Lipinski definition) is 4. The Balaban J connectivity index is 2.38. The van der Waals surface area contributed by atoms with Crippen molar-refractivity contribution < 1.29 is 22.0 Å². The topological polar surface area (TPSA) is 40.0 Å². The molecular formula is C19H31F5N4. The highest BCUT2D eigenvalue weighted by Gasteiger charge is 2.57. The van der Waals surface area contributed by atoms with Gasteiger partial charge in [0.15, 0.2) is 0 Å². The molecule has 2 atom stereocenters. The van der Waals surface area contributed by atoms with Crippen LogP contribution in [0.25, 0.3) is 0 Å². The number of aliphatic imine (C=N–C) groups is 2. The molecule has 162 valence electrons. The summed E-state index contributed by atoms with van der Waals surface area (Å²) in [7, 11) is 0. The van der Waals surface area contributed by atoms with E-state index >= 15 is 0 Å². The summed E-state index contributed by atoms with van der Waals surface area (Å²) in [5.41, 5.74) is 0.838. The fourth-order valence-corrected chi connectivity index (χ4v) is 2.85. The first kappa shape index (κ1) is 24.7. The van der Waals surface area contributed by atoms with Gasteiger partial charge in [-0.05, 0) is 39.0 Å². The van der Waals surface area contributed by atoms with Crippen molar-refractivity contribution in [3.8, 4) is 0 Å². The monoisotopic (exact) mass is 410 g/mol. The van der Waals surface area contributed by atoms with E-state index in [1.165, 1.54) is 6.21 Å². The van der Waals surface area contributed by atoms with Gasteiger partial charge in [0.2, 0.25) is 0 Å². The molecule has 0 saturated carbocycles. The lowest BCUT2D eigenvalue weighted by Crippen LogP contribution is -2.39. The third-order valence-electron chi connectivity index (χ3n) is 4.91. The van der Waals surface area contributed by atoms with Crippen LogP contribution in [0.4, 0.5) is 22.0 Å². The van der Waals surface area contributed by atoms with Gasteiger partial charge in [-0.15, -0.1) is 0 Å². The van der Waals surface area contributed by atoms with Crippen LogP contribution in [-0.4, -0.2) is 68.2 Å². The van der Waals surface area contributed by atoms with Crippen LogP contribution in [0.3, 0.4) is 0 Å². The molecule has 1 heterocycles. The molecule has 0 aromatic heterocycles. The summed E-state index contributed by atoms with van der Waals surface area (Å²) in [6, 6.07) is 0. The molecule has 1 aliphatic heterocycles. The Bertz CT molecular complexity index is 539. The highest BCUT2D eigenvalue weighted by Crippen LogP contribution is 2.35. The van der Waals surface area contributed by atoms with E-state index in [-0.39, 0.29) is 11.8 Å². The molecule has 0 amide bonds. The van der Waals surface area contributed by atoms with Gasteiger partial charge in [-0.2, -0.15) is 22.0 Å². The number of unbranched alkanes of at least 4 members (excludes halogenated alkanes) is 1. The number of alkyl halides is 5. The van der Waals surface area contributed by atoms with E-state index < -0.39 is 18.6 Å². The SMILES string of the molecule is CCN(CC)CCCCNCC1=NC=CC(/C=N/CC(F)(F)C(F)(F)F)C1C. The average molecular weight is 410 g/mol. The number of rotatable bonds is 12. The molecule has 2 unspecified atom stereocenters. The van der Waals surface area contributed by atoms with Crippen LogP contribution in [0.15, 0.2) is 22.3 Å². The maximum atomic E-state index is 12.9. The van der Waals surface area contributed by atoms with Crippen LogP contribution in [0.1, 0.15) is 33.6 Å². The summed E-state index contributed by atoms with van der Waals surface area (Å²) >= 11 is 0. The van der Waals surface area contributed by atoms with Crippen molar-refractivity contribution >= 4 is 11.9 Å². The average Bonchev–Trinajstić information content (AvgIpc) is 2.62. The Labute approximate surface area is 164 Å².